The highest BCUT2D eigenvalue weighted by atomic mass is 16.3. The van der Waals surface area contributed by atoms with Crippen LogP contribution in [0.3, 0.4) is 0 Å². The summed E-state index contributed by atoms with van der Waals surface area (Å²) in [5.74, 6) is 0.622. The molecule has 0 aliphatic heterocycles. The minimum Gasteiger partial charge on any atom is -0.396 e. The van der Waals surface area contributed by atoms with Crippen LogP contribution < -0.4 is 5.32 Å². The van der Waals surface area contributed by atoms with Crippen LogP contribution in [0.25, 0.3) is 0 Å². The molecule has 0 heterocycles. The van der Waals surface area contributed by atoms with Crippen LogP contribution in [-0.2, 0) is 0 Å². The molecule has 0 amide bonds. The normalized spacial score (nSPS) is 13.5. The third kappa shape index (κ3) is 8.48. The second-order valence-electron chi connectivity index (χ2n) is 4.25. The van der Waals surface area contributed by atoms with Crippen molar-refractivity contribution in [3.05, 3.63) is 0 Å². The van der Waals surface area contributed by atoms with Crippen molar-refractivity contribution < 1.29 is 10.2 Å². The van der Waals surface area contributed by atoms with Crippen molar-refractivity contribution in [1.82, 2.24) is 5.32 Å². The monoisotopic (exact) mass is 203 g/mol. The van der Waals surface area contributed by atoms with Gasteiger partial charge in [0.2, 0.25) is 0 Å². The quantitative estimate of drug-likeness (QED) is 0.493. The fourth-order valence-corrected chi connectivity index (χ4v) is 1.51. The Morgan fingerprint density at radius 1 is 1.07 bits per heavy atom. The molecule has 14 heavy (non-hydrogen) atoms. The molecule has 0 aromatic heterocycles. The molecule has 0 aliphatic rings. The predicted octanol–water partition coefficient (Wildman–Crippen LogP) is 1.15. The lowest BCUT2D eigenvalue weighted by molar-refractivity contribution is 0.223. The first kappa shape index (κ1) is 13.9. The Morgan fingerprint density at radius 3 is 2.29 bits per heavy atom. The number of nitrogens with one attached hydrogen (secondary N) is 1. The van der Waals surface area contributed by atoms with E-state index in [1.54, 1.807) is 0 Å². The van der Waals surface area contributed by atoms with Gasteiger partial charge in [-0.3, -0.25) is 0 Å². The van der Waals surface area contributed by atoms with E-state index in [1.807, 2.05) is 0 Å². The fourth-order valence-electron chi connectivity index (χ4n) is 1.51. The van der Waals surface area contributed by atoms with Crippen molar-refractivity contribution in [2.75, 3.05) is 19.8 Å². The van der Waals surface area contributed by atoms with Gasteiger partial charge in [0.1, 0.15) is 0 Å². The molecule has 0 spiro atoms. The van der Waals surface area contributed by atoms with Gasteiger partial charge in [0.15, 0.2) is 0 Å². The molecule has 3 heteroatoms. The van der Waals surface area contributed by atoms with Gasteiger partial charge in [-0.25, -0.2) is 0 Å². The molecule has 86 valence electrons. The lowest BCUT2D eigenvalue weighted by Crippen LogP contribution is -2.34. The highest BCUT2D eigenvalue weighted by Crippen LogP contribution is 2.04. The van der Waals surface area contributed by atoms with E-state index in [0.717, 1.165) is 32.2 Å². The van der Waals surface area contributed by atoms with Crippen LogP contribution in [-0.4, -0.2) is 36.0 Å². The summed E-state index contributed by atoms with van der Waals surface area (Å²) in [6, 6.07) is 0.240. The van der Waals surface area contributed by atoms with E-state index in [9.17, 15) is 0 Å². The third-order valence-corrected chi connectivity index (χ3v) is 2.24. The topological polar surface area (TPSA) is 52.5 Å². The summed E-state index contributed by atoms with van der Waals surface area (Å²) in [6.07, 6.45) is 4.05. The second kappa shape index (κ2) is 9.44. The van der Waals surface area contributed by atoms with Gasteiger partial charge in [0.05, 0.1) is 6.61 Å². The van der Waals surface area contributed by atoms with Crippen LogP contribution in [0, 0.1) is 5.92 Å². The predicted molar refractivity (Wildman–Crippen MR) is 59.3 cm³/mol. The van der Waals surface area contributed by atoms with Crippen molar-refractivity contribution in [2.24, 2.45) is 5.92 Å². The average molecular weight is 203 g/mol. The van der Waals surface area contributed by atoms with E-state index in [-0.39, 0.29) is 19.3 Å². The molecule has 0 saturated carbocycles. The molecule has 0 bridgehead atoms. The molecule has 0 rings (SSSR count). The van der Waals surface area contributed by atoms with E-state index in [4.69, 9.17) is 10.2 Å². The summed E-state index contributed by atoms with van der Waals surface area (Å²) in [5.41, 5.74) is 0. The van der Waals surface area contributed by atoms with Gasteiger partial charge in [-0.2, -0.15) is 0 Å². The number of hydrogen-bond donors (Lipinski definition) is 3. The van der Waals surface area contributed by atoms with Crippen molar-refractivity contribution in [3.8, 4) is 0 Å². The zero-order valence-electron chi connectivity index (χ0n) is 9.50. The van der Waals surface area contributed by atoms with Crippen molar-refractivity contribution in [2.45, 2.75) is 45.6 Å². The fraction of sp³-hybridized carbons (Fsp3) is 1.00. The van der Waals surface area contributed by atoms with E-state index in [2.05, 4.69) is 19.2 Å². The average Bonchev–Trinajstić information content (AvgIpc) is 2.15. The summed E-state index contributed by atoms with van der Waals surface area (Å²) in [5, 5.41) is 21.0. The van der Waals surface area contributed by atoms with Gasteiger partial charge in [0.25, 0.3) is 0 Å². The van der Waals surface area contributed by atoms with Crippen LogP contribution in [0.1, 0.15) is 39.5 Å². The Kier molecular flexibility index (Phi) is 9.35. The Hall–Kier alpha value is -0.120. The van der Waals surface area contributed by atoms with Crippen molar-refractivity contribution >= 4 is 0 Å². The Balaban J connectivity index is 3.33. The largest absolute Gasteiger partial charge is 0.396 e. The number of aliphatic hydroxyl groups excluding tert-OH is 2. The molecule has 0 radical (unpaired) electrons. The maximum Gasteiger partial charge on any atom is 0.0584 e. The van der Waals surface area contributed by atoms with Gasteiger partial charge in [0, 0.05) is 12.6 Å². The van der Waals surface area contributed by atoms with Gasteiger partial charge in [-0.05, 0) is 38.1 Å². The molecule has 0 saturated heterocycles. The first-order valence-electron chi connectivity index (χ1n) is 5.65. The maximum absolute atomic E-state index is 9.08. The first-order valence-corrected chi connectivity index (χ1v) is 5.65. The zero-order chi connectivity index (χ0) is 10.8. The smallest absolute Gasteiger partial charge is 0.0584 e. The Bertz CT molecular complexity index is 118. The van der Waals surface area contributed by atoms with Crippen molar-refractivity contribution in [3.63, 3.8) is 0 Å². The Morgan fingerprint density at radius 2 is 1.79 bits per heavy atom. The molecule has 0 aromatic carbocycles. The van der Waals surface area contributed by atoms with Crippen LogP contribution in [0.4, 0.5) is 0 Å². The number of aliphatic hydroxyl groups is 2. The van der Waals surface area contributed by atoms with Crippen molar-refractivity contribution in [1.29, 1.82) is 0 Å². The van der Waals surface area contributed by atoms with E-state index < -0.39 is 0 Å². The molecule has 1 atom stereocenters. The van der Waals surface area contributed by atoms with Gasteiger partial charge in [-0.1, -0.05) is 13.8 Å². The van der Waals surface area contributed by atoms with Gasteiger partial charge < -0.3 is 15.5 Å². The number of unbranched alkanes of at least 4 members (excludes halogenated alkanes) is 2. The van der Waals surface area contributed by atoms with E-state index in [1.165, 1.54) is 0 Å². The lowest BCUT2D eigenvalue weighted by Gasteiger charge is -2.18. The highest BCUT2D eigenvalue weighted by molar-refractivity contribution is 4.66. The second-order valence-corrected chi connectivity index (χ2v) is 4.25. The minimum absolute atomic E-state index is 0.220. The summed E-state index contributed by atoms with van der Waals surface area (Å²) in [6.45, 7) is 5.78. The lowest BCUT2D eigenvalue weighted by atomic mass is 10.0. The molecule has 0 aliphatic carbocycles. The number of hydrogen-bond acceptors (Lipinski definition) is 3. The molecule has 0 fully saturated rings. The summed E-state index contributed by atoms with van der Waals surface area (Å²) >= 11 is 0. The zero-order valence-corrected chi connectivity index (χ0v) is 9.50. The first-order chi connectivity index (χ1) is 6.70. The van der Waals surface area contributed by atoms with Crippen LogP contribution in [0.5, 0.6) is 0 Å². The third-order valence-electron chi connectivity index (χ3n) is 2.24. The van der Waals surface area contributed by atoms with Crippen LogP contribution in [0.2, 0.25) is 0 Å². The molecular formula is C11H25NO2. The Labute approximate surface area is 87.5 Å². The summed E-state index contributed by atoms with van der Waals surface area (Å²) in [7, 11) is 0. The molecule has 0 aromatic rings. The summed E-state index contributed by atoms with van der Waals surface area (Å²) < 4.78 is 0. The SMILES string of the molecule is CC(C)C[C@@H](CO)NCCCCCO. The van der Waals surface area contributed by atoms with Gasteiger partial charge >= 0.3 is 0 Å². The highest BCUT2D eigenvalue weighted by Gasteiger charge is 2.07. The minimum atomic E-state index is 0.220. The van der Waals surface area contributed by atoms with E-state index >= 15 is 0 Å². The standard InChI is InChI=1S/C11H25NO2/c1-10(2)8-11(9-14)12-6-4-3-5-7-13/h10-14H,3-9H2,1-2H3/t11-/m0/s1. The summed E-state index contributed by atoms with van der Waals surface area (Å²) in [4.78, 5) is 0. The van der Waals surface area contributed by atoms with Crippen LogP contribution in [0.15, 0.2) is 0 Å². The molecule has 0 unspecified atom stereocenters. The molecular weight excluding hydrogens is 178 g/mol. The van der Waals surface area contributed by atoms with E-state index in [0.29, 0.717) is 5.92 Å². The number of rotatable bonds is 9. The molecule has 3 nitrogen and oxygen atoms in total. The van der Waals surface area contributed by atoms with Gasteiger partial charge in [-0.15, -0.1) is 0 Å². The maximum atomic E-state index is 9.08. The van der Waals surface area contributed by atoms with Crippen LogP contribution >= 0.6 is 0 Å². The molecule has 3 N–H and O–H groups in total.